The summed E-state index contributed by atoms with van der Waals surface area (Å²) in [5, 5.41) is 0. The average Bonchev–Trinajstić information content (AvgIpc) is 2.69. The number of hydrogen-bond acceptors (Lipinski definition) is 6. The molecular weight excluding hydrogens is 336 g/mol. The van der Waals surface area contributed by atoms with Gasteiger partial charge < -0.3 is 13.9 Å². The predicted octanol–water partition coefficient (Wildman–Crippen LogP) is 3.93. The topological polar surface area (TPSA) is 65.7 Å². The van der Waals surface area contributed by atoms with Gasteiger partial charge in [0.1, 0.15) is 0 Å². The highest BCUT2D eigenvalue weighted by Crippen LogP contribution is 2.31. The number of rotatable bonds is 4. The molecule has 0 saturated carbocycles. The van der Waals surface area contributed by atoms with E-state index in [1.54, 1.807) is 6.07 Å². The molecule has 0 spiro atoms. The van der Waals surface area contributed by atoms with E-state index < -0.39 is 11.1 Å². The average molecular weight is 347 g/mol. The monoisotopic (exact) mass is 346 g/mol. The van der Waals surface area contributed by atoms with Gasteiger partial charge in [0.15, 0.2) is 11.3 Å². The fraction of sp³-hybridized carbons (Fsp3) is 0.333. The fourth-order valence-corrected chi connectivity index (χ4v) is 2.64. The molecule has 0 atom stereocenters. The molecule has 19 heavy (non-hydrogen) atoms. The Labute approximate surface area is 121 Å². The second-order valence-corrected chi connectivity index (χ2v) is 5.57. The number of hydrogen-bond donors (Lipinski definition) is 0. The summed E-state index contributed by atoms with van der Waals surface area (Å²) in [4.78, 5) is 22.1. The molecule has 0 fully saturated rings. The molecule has 1 aromatic carbocycles. The summed E-state index contributed by atoms with van der Waals surface area (Å²) in [5.74, 6) is 0.260. The van der Waals surface area contributed by atoms with Crippen molar-refractivity contribution in [2.45, 2.75) is 19.8 Å². The largest absolute Gasteiger partial charge is 0.513 e. The molecule has 2 rings (SSSR count). The Kier molecular flexibility index (Phi) is 4.60. The van der Waals surface area contributed by atoms with Crippen molar-refractivity contribution in [3.8, 4) is 5.75 Å². The number of fused-ring (bicyclic) bond motifs is 1. The molecule has 102 valence electrons. The third-order valence-corrected chi connectivity index (χ3v) is 3.70. The maximum atomic E-state index is 11.4. The molecule has 0 aliphatic carbocycles. The summed E-state index contributed by atoms with van der Waals surface area (Å²) in [5.41, 5.74) is 0.384. The highest BCUT2D eigenvalue weighted by atomic mass is 79.9. The van der Waals surface area contributed by atoms with Crippen LogP contribution in [0.15, 0.2) is 25.8 Å². The third kappa shape index (κ3) is 3.57. The first-order valence-corrected chi connectivity index (χ1v) is 7.29. The van der Waals surface area contributed by atoms with E-state index in [2.05, 4.69) is 15.9 Å². The highest BCUT2D eigenvalue weighted by Gasteiger charge is 2.13. The molecule has 0 radical (unpaired) electrons. The van der Waals surface area contributed by atoms with Gasteiger partial charge in [-0.3, -0.25) is 0 Å². The minimum absolute atomic E-state index is 0.260. The third-order valence-electron chi connectivity index (χ3n) is 2.30. The molecule has 0 aliphatic rings. The molecule has 0 bridgehead atoms. The van der Waals surface area contributed by atoms with E-state index >= 15 is 0 Å². The molecule has 5 nitrogen and oxygen atoms in total. The van der Waals surface area contributed by atoms with Gasteiger partial charge in [-0.1, -0.05) is 24.7 Å². The van der Waals surface area contributed by atoms with Crippen LogP contribution in [0, 0.1) is 0 Å². The Balaban J connectivity index is 2.13. The SMILES string of the molecule is CCCCOC(=O)Oc1cc2oc(=O)sc2cc1Br. The van der Waals surface area contributed by atoms with Crippen LogP contribution in [0.3, 0.4) is 0 Å². The van der Waals surface area contributed by atoms with Crippen molar-refractivity contribution < 1.29 is 18.7 Å². The van der Waals surface area contributed by atoms with Crippen LogP contribution in [0.4, 0.5) is 4.79 Å². The van der Waals surface area contributed by atoms with Gasteiger partial charge in [0, 0.05) is 6.07 Å². The summed E-state index contributed by atoms with van der Waals surface area (Å²) < 4.78 is 16.1. The number of benzene rings is 1. The van der Waals surface area contributed by atoms with Crippen LogP contribution in [0.25, 0.3) is 10.3 Å². The zero-order valence-corrected chi connectivity index (χ0v) is 12.5. The Morgan fingerprint density at radius 3 is 3.00 bits per heavy atom. The lowest BCUT2D eigenvalue weighted by Crippen LogP contribution is -2.11. The van der Waals surface area contributed by atoms with Crippen LogP contribution in [0.2, 0.25) is 0 Å². The van der Waals surface area contributed by atoms with Gasteiger partial charge in [-0.25, -0.2) is 9.59 Å². The van der Waals surface area contributed by atoms with Gasteiger partial charge in [0.05, 0.1) is 15.8 Å². The van der Waals surface area contributed by atoms with Crippen molar-refractivity contribution >= 4 is 43.7 Å². The van der Waals surface area contributed by atoms with Crippen LogP contribution >= 0.6 is 27.3 Å². The first kappa shape index (κ1) is 14.1. The summed E-state index contributed by atoms with van der Waals surface area (Å²) in [6.45, 7) is 2.32. The lowest BCUT2D eigenvalue weighted by atomic mass is 10.3. The maximum absolute atomic E-state index is 11.4. The maximum Gasteiger partial charge on any atom is 0.513 e. The van der Waals surface area contributed by atoms with E-state index in [0.717, 1.165) is 24.2 Å². The van der Waals surface area contributed by atoms with Gasteiger partial charge in [-0.2, -0.15) is 0 Å². The zero-order valence-electron chi connectivity index (χ0n) is 10.1. The molecule has 0 aliphatic heterocycles. The molecule has 7 heteroatoms. The van der Waals surface area contributed by atoms with E-state index in [-0.39, 0.29) is 5.75 Å². The molecule has 1 aromatic heterocycles. The van der Waals surface area contributed by atoms with E-state index in [1.165, 1.54) is 6.07 Å². The molecule has 0 N–H and O–H groups in total. The number of unbranched alkanes of at least 4 members (excludes halogenated alkanes) is 1. The van der Waals surface area contributed by atoms with Crippen molar-refractivity contribution in [2.75, 3.05) is 6.61 Å². The smallest absolute Gasteiger partial charge is 0.434 e. The first-order chi connectivity index (χ1) is 9.10. The second-order valence-electron chi connectivity index (χ2n) is 3.74. The van der Waals surface area contributed by atoms with Crippen molar-refractivity contribution in [2.24, 2.45) is 0 Å². The molecule has 1 heterocycles. The number of halogens is 1. The van der Waals surface area contributed by atoms with E-state index in [0.29, 0.717) is 21.4 Å². The van der Waals surface area contributed by atoms with Crippen molar-refractivity contribution in [1.82, 2.24) is 0 Å². The molecule has 0 unspecified atom stereocenters. The second kappa shape index (κ2) is 6.21. The van der Waals surface area contributed by atoms with Crippen LogP contribution in [-0.2, 0) is 4.74 Å². The van der Waals surface area contributed by atoms with Crippen molar-refractivity contribution in [1.29, 1.82) is 0 Å². The normalized spacial score (nSPS) is 10.6. The van der Waals surface area contributed by atoms with Crippen LogP contribution < -0.4 is 9.68 Å². The van der Waals surface area contributed by atoms with Crippen LogP contribution in [0.1, 0.15) is 19.8 Å². The Bertz CT molecular complexity index is 645. The highest BCUT2D eigenvalue weighted by molar-refractivity contribution is 9.10. The summed E-state index contributed by atoms with van der Waals surface area (Å²) in [6, 6.07) is 3.15. The number of ether oxygens (including phenoxy) is 2. The summed E-state index contributed by atoms with van der Waals surface area (Å²) in [7, 11) is 0. The van der Waals surface area contributed by atoms with Gasteiger partial charge in [0.2, 0.25) is 0 Å². The van der Waals surface area contributed by atoms with Crippen LogP contribution in [0.5, 0.6) is 5.75 Å². The molecular formula is C12H11BrO5S. The van der Waals surface area contributed by atoms with Gasteiger partial charge in [-0.15, -0.1) is 0 Å². The minimum atomic E-state index is -0.772. The summed E-state index contributed by atoms with van der Waals surface area (Å²) in [6.07, 6.45) is 0.948. The van der Waals surface area contributed by atoms with Gasteiger partial charge >= 0.3 is 11.1 Å². The minimum Gasteiger partial charge on any atom is -0.434 e. The fourth-order valence-electron chi connectivity index (χ4n) is 1.37. The van der Waals surface area contributed by atoms with Crippen LogP contribution in [-0.4, -0.2) is 12.8 Å². The Hall–Kier alpha value is -1.34. The number of carbonyl (C=O) groups excluding carboxylic acids is 1. The quantitative estimate of drug-likeness (QED) is 0.476. The van der Waals surface area contributed by atoms with Gasteiger partial charge in [-0.05, 0) is 28.4 Å². The molecule has 2 aromatic rings. The van der Waals surface area contributed by atoms with E-state index in [9.17, 15) is 9.59 Å². The van der Waals surface area contributed by atoms with E-state index in [1.807, 2.05) is 6.92 Å². The zero-order chi connectivity index (χ0) is 13.8. The summed E-state index contributed by atoms with van der Waals surface area (Å²) >= 11 is 4.25. The molecule has 0 saturated heterocycles. The standard InChI is InChI=1S/C12H11BrO5S/c1-2-3-4-16-11(14)17-8-6-9-10(5-7(8)13)19-12(15)18-9/h5-6H,2-4H2,1H3. The Morgan fingerprint density at radius 2 is 2.26 bits per heavy atom. The van der Waals surface area contributed by atoms with Crippen molar-refractivity contribution in [3.05, 3.63) is 26.3 Å². The lowest BCUT2D eigenvalue weighted by molar-refractivity contribution is 0.0976. The molecule has 0 amide bonds. The lowest BCUT2D eigenvalue weighted by Gasteiger charge is -2.06. The predicted molar refractivity (Wildman–Crippen MR) is 74.9 cm³/mol. The first-order valence-electron chi connectivity index (χ1n) is 5.68. The van der Waals surface area contributed by atoms with Crippen molar-refractivity contribution in [3.63, 3.8) is 0 Å². The Morgan fingerprint density at radius 1 is 1.47 bits per heavy atom. The van der Waals surface area contributed by atoms with Gasteiger partial charge in [0.25, 0.3) is 0 Å². The van der Waals surface area contributed by atoms with E-state index in [4.69, 9.17) is 13.9 Å². The number of carbonyl (C=O) groups is 1.